The summed E-state index contributed by atoms with van der Waals surface area (Å²) in [6, 6.07) is 7.57. The summed E-state index contributed by atoms with van der Waals surface area (Å²) in [5, 5.41) is 19.6. The Hall–Kier alpha value is -1.55. The topological polar surface area (TPSA) is 95.0 Å². The van der Waals surface area contributed by atoms with E-state index in [2.05, 4.69) is 20.9 Å². The molecule has 0 aromatic heterocycles. The van der Waals surface area contributed by atoms with Crippen molar-refractivity contribution in [2.45, 2.75) is 65.7 Å². The molecule has 0 aliphatic rings. The Bertz CT molecular complexity index is 608. The van der Waals surface area contributed by atoms with Crippen molar-refractivity contribution in [1.82, 2.24) is 16.0 Å². The Balaban J connectivity index is 0.00000784. The third kappa shape index (κ3) is 11.9. The van der Waals surface area contributed by atoms with Crippen molar-refractivity contribution in [3.63, 3.8) is 0 Å². The fraction of sp³-hybridized carbons (Fsp3) is 0.619. The number of nitrogens with zero attached hydrogens (tertiary/aromatic N) is 1. The number of hydrogen-bond donors (Lipinski definition) is 4. The summed E-state index contributed by atoms with van der Waals surface area (Å²) in [6.07, 6.45) is 0.680. The number of carbonyl (C=O) groups excluding carboxylic acids is 1. The van der Waals surface area contributed by atoms with Gasteiger partial charge in [-0.2, -0.15) is 0 Å². The zero-order valence-electron chi connectivity index (χ0n) is 18.2. The van der Waals surface area contributed by atoms with E-state index in [4.69, 9.17) is 4.74 Å². The summed E-state index contributed by atoms with van der Waals surface area (Å²) >= 11 is 0. The first kappa shape index (κ1) is 27.5. The average Bonchev–Trinajstić information content (AvgIpc) is 2.65. The number of hydrogen-bond acceptors (Lipinski definition) is 4. The summed E-state index contributed by atoms with van der Waals surface area (Å²) in [5.74, 6) is 1.37. The van der Waals surface area contributed by atoms with Crippen LogP contribution in [0.15, 0.2) is 29.3 Å². The molecule has 0 aliphatic carbocycles. The van der Waals surface area contributed by atoms with Crippen molar-refractivity contribution in [2.24, 2.45) is 4.99 Å². The number of carbonyl (C=O) groups is 1. The van der Waals surface area contributed by atoms with Crippen LogP contribution >= 0.6 is 24.0 Å². The zero-order chi connectivity index (χ0) is 20.9. The van der Waals surface area contributed by atoms with Gasteiger partial charge in [0.2, 0.25) is 5.91 Å². The number of halogens is 1. The number of guanidine groups is 1. The second-order valence-corrected chi connectivity index (χ2v) is 7.02. The van der Waals surface area contributed by atoms with Gasteiger partial charge in [0.05, 0.1) is 18.8 Å². The lowest BCUT2D eigenvalue weighted by atomic mass is 10.1. The molecule has 0 saturated heterocycles. The molecule has 1 amide bonds. The summed E-state index contributed by atoms with van der Waals surface area (Å²) in [5.41, 5.74) is 0.781. The van der Waals surface area contributed by atoms with Crippen LogP contribution < -0.4 is 20.7 Å². The van der Waals surface area contributed by atoms with Crippen LogP contribution in [0.1, 0.15) is 59.1 Å². The largest absolute Gasteiger partial charge is 0.491 e. The van der Waals surface area contributed by atoms with Crippen LogP contribution in [-0.4, -0.2) is 48.8 Å². The monoisotopic (exact) mass is 520 g/mol. The van der Waals surface area contributed by atoms with Crippen molar-refractivity contribution in [1.29, 1.82) is 0 Å². The number of aliphatic hydroxyl groups excluding tert-OH is 1. The van der Waals surface area contributed by atoms with E-state index in [1.54, 1.807) is 0 Å². The van der Waals surface area contributed by atoms with Crippen molar-refractivity contribution in [2.75, 3.05) is 19.6 Å². The molecule has 1 aromatic rings. The Kier molecular flexibility index (Phi) is 14.5. The maximum atomic E-state index is 11.8. The first-order valence-electron chi connectivity index (χ1n) is 10.1. The molecule has 2 unspecified atom stereocenters. The van der Waals surface area contributed by atoms with Crippen molar-refractivity contribution >= 4 is 35.8 Å². The predicted molar refractivity (Wildman–Crippen MR) is 129 cm³/mol. The van der Waals surface area contributed by atoms with Gasteiger partial charge in [0.25, 0.3) is 0 Å². The SMILES string of the molecule is CCNC(=NCC(O)c1ccc(OC(C)C)cc1)NCCC(=O)NC(C)CC.I. The Morgan fingerprint density at radius 3 is 2.34 bits per heavy atom. The molecule has 0 heterocycles. The molecule has 0 aliphatic heterocycles. The second-order valence-electron chi connectivity index (χ2n) is 7.02. The molecule has 0 saturated carbocycles. The van der Waals surface area contributed by atoms with Crippen LogP contribution in [0.25, 0.3) is 0 Å². The molecule has 1 rings (SSSR count). The minimum atomic E-state index is -0.711. The molecule has 4 N–H and O–H groups in total. The van der Waals surface area contributed by atoms with E-state index in [1.165, 1.54) is 0 Å². The minimum Gasteiger partial charge on any atom is -0.491 e. The normalized spacial score (nSPS) is 13.3. The number of benzene rings is 1. The maximum absolute atomic E-state index is 11.8. The van der Waals surface area contributed by atoms with Gasteiger partial charge in [0.1, 0.15) is 5.75 Å². The minimum absolute atomic E-state index is 0. The number of rotatable bonds is 11. The number of aliphatic hydroxyl groups is 1. The van der Waals surface area contributed by atoms with E-state index in [0.717, 1.165) is 17.7 Å². The highest BCUT2D eigenvalue weighted by atomic mass is 127. The number of aliphatic imine (C=N–C) groups is 1. The maximum Gasteiger partial charge on any atom is 0.221 e. The summed E-state index contributed by atoms with van der Waals surface area (Å²) in [7, 11) is 0. The highest BCUT2D eigenvalue weighted by Crippen LogP contribution is 2.19. The lowest BCUT2D eigenvalue weighted by molar-refractivity contribution is -0.121. The van der Waals surface area contributed by atoms with Gasteiger partial charge in [-0.05, 0) is 51.8 Å². The average molecular weight is 520 g/mol. The molecule has 8 heteroatoms. The van der Waals surface area contributed by atoms with Crippen LogP contribution in [0.4, 0.5) is 0 Å². The Morgan fingerprint density at radius 1 is 1.14 bits per heavy atom. The molecular formula is C21H37IN4O3. The van der Waals surface area contributed by atoms with E-state index in [1.807, 2.05) is 58.9 Å². The first-order chi connectivity index (χ1) is 13.3. The van der Waals surface area contributed by atoms with Crippen LogP contribution in [-0.2, 0) is 4.79 Å². The third-order valence-electron chi connectivity index (χ3n) is 4.07. The third-order valence-corrected chi connectivity index (χ3v) is 4.07. The van der Waals surface area contributed by atoms with Crippen molar-refractivity contribution in [3.05, 3.63) is 29.8 Å². The molecular weight excluding hydrogens is 483 g/mol. The van der Waals surface area contributed by atoms with Gasteiger partial charge in [-0.1, -0.05) is 19.1 Å². The van der Waals surface area contributed by atoms with Gasteiger partial charge < -0.3 is 25.8 Å². The second kappa shape index (κ2) is 15.3. The van der Waals surface area contributed by atoms with Crippen LogP contribution in [0.5, 0.6) is 5.75 Å². The summed E-state index contributed by atoms with van der Waals surface area (Å²) in [6.45, 7) is 11.3. The van der Waals surface area contributed by atoms with Crippen LogP contribution in [0.3, 0.4) is 0 Å². The van der Waals surface area contributed by atoms with E-state index in [-0.39, 0.29) is 48.6 Å². The van der Waals surface area contributed by atoms with Gasteiger partial charge in [-0.15, -0.1) is 24.0 Å². The number of ether oxygens (including phenoxy) is 1. The van der Waals surface area contributed by atoms with Crippen molar-refractivity contribution in [3.8, 4) is 5.75 Å². The lowest BCUT2D eigenvalue weighted by Crippen LogP contribution is -2.40. The van der Waals surface area contributed by atoms with Gasteiger partial charge >= 0.3 is 0 Å². The van der Waals surface area contributed by atoms with E-state index in [0.29, 0.717) is 25.5 Å². The molecule has 166 valence electrons. The quantitative estimate of drug-likeness (QED) is 0.205. The van der Waals surface area contributed by atoms with E-state index in [9.17, 15) is 9.90 Å². The van der Waals surface area contributed by atoms with Crippen LogP contribution in [0.2, 0.25) is 0 Å². The fourth-order valence-corrected chi connectivity index (χ4v) is 2.41. The molecule has 1 aromatic carbocycles. The number of nitrogens with one attached hydrogen (secondary N) is 3. The molecule has 0 bridgehead atoms. The molecule has 7 nitrogen and oxygen atoms in total. The standard InChI is InChI=1S/C21H36N4O3.HI/c1-6-16(5)25-20(27)12-13-23-21(22-7-2)24-14-19(26)17-8-10-18(11-9-17)28-15(3)4;/h8-11,15-16,19,26H,6-7,12-14H2,1-5H3,(H,25,27)(H2,22,23,24);1H. The highest BCUT2D eigenvalue weighted by Gasteiger charge is 2.09. The zero-order valence-corrected chi connectivity index (χ0v) is 20.5. The van der Waals surface area contributed by atoms with Gasteiger partial charge in [0.15, 0.2) is 5.96 Å². The van der Waals surface area contributed by atoms with E-state index >= 15 is 0 Å². The Morgan fingerprint density at radius 2 is 1.79 bits per heavy atom. The molecule has 0 radical (unpaired) electrons. The molecule has 0 spiro atoms. The molecule has 2 atom stereocenters. The summed E-state index contributed by atoms with van der Waals surface area (Å²) in [4.78, 5) is 16.3. The highest BCUT2D eigenvalue weighted by molar-refractivity contribution is 14.0. The smallest absolute Gasteiger partial charge is 0.221 e. The van der Waals surface area contributed by atoms with Gasteiger partial charge in [-0.25, -0.2) is 0 Å². The lowest BCUT2D eigenvalue weighted by Gasteiger charge is -2.15. The fourth-order valence-electron chi connectivity index (χ4n) is 2.41. The van der Waals surface area contributed by atoms with Gasteiger partial charge in [-0.3, -0.25) is 9.79 Å². The predicted octanol–water partition coefficient (Wildman–Crippen LogP) is 2.99. The van der Waals surface area contributed by atoms with Crippen molar-refractivity contribution < 1.29 is 14.6 Å². The Labute approximate surface area is 192 Å². The molecule has 0 fully saturated rings. The number of amides is 1. The summed E-state index contributed by atoms with van der Waals surface area (Å²) < 4.78 is 5.61. The first-order valence-corrected chi connectivity index (χ1v) is 10.1. The van der Waals surface area contributed by atoms with Crippen LogP contribution in [0, 0.1) is 0 Å². The van der Waals surface area contributed by atoms with E-state index < -0.39 is 6.10 Å². The van der Waals surface area contributed by atoms with Gasteiger partial charge in [0, 0.05) is 25.6 Å². The molecule has 29 heavy (non-hydrogen) atoms.